The lowest BCUT2D eigenvalue weighted by Gasteiger charge is -2.37. The minimum Gasteiger partial charge on any atom is -0.333 e. The number of aromatic nitrogens is 1. The standard InChI is InChI=1S/C26H31N3O.ClH/c1-19(2)16-23-18-27-14-15-28(23)26(30)24-17-20(3)29(22-12-8-5-9-13-22)25(24)21-10-6-4-7-11-21;/h4-13,17,19,23,27H,14-16,18H2,1-3H3;1H/t23-;/m1./s1. The highest BCUT2D eigenvalue weighted by Crippen LogP contribution is 2.32. The van der Waals surface area contributed by atoms with Crippen molar-refractivity contribution in [2.75, 3.05) is 19.6 Å². The number of carbonyl (C=O) groups is 1. The van der Waals surface area contributed by atoms with Gasteiger partial charge in [-0.15, -0.1) is 12.4 Å². The predicted octanol–water partition coefficient (Wildman–Crippen LogP) is 5.33. The van der Waals surface area contributed by atoms with E-state index in [1.165, 1.54) is 0 Å². The zero-order valence-electron chi connectivity index (χ0n) is 18.5. The van der Waals surface area contributed by atoms with Gasteiger partial charge >= 0.3 is 0 Å². The molecule has 0 aliphatic carbocycles. The molecule has 1 aromatic heterocycles. The fraction of sp³-hybridized carbons (Fsp3) is 0.346. The molecule has 5 heteroatoms. The highest BCUT2D eigenvalue weighted by molar-refractivity contribution is 6.01. The molecule has 1 fully saturated rings. The fourth-order valence-corrected chi connectivity index (χ4v) is 4.53. The molecule has 164 valence electrons. The number of piperazine rings is 1. The Morgan fingerprint density at radius 3 is 2.35 bits per heavy atom. The number of hydrogen-bond donors (Lipinski definition) is 1. The first-order valence-corrected chi connectivity index (χ1v) is 10.9. The van der Waals surface area contributed by atoms with Crippen molar-refractivity contribution in [1.29, 1.82) is 0 Å². The summed E-state index contributed by atoms with van der Waals surface area (Å²) in [7, 11) is 0. The van der Waals surface area contributed by atoms with Crippen molar-refractivity contribution in [2.45, 2.75) is 33.2 Å². The quantitative estimate of drug-likeness (QED) is 0.585. The van der Waals surface area contributed by atoms with Crippen molar-refractivity contribution < 1.29 is 4.79 Å². The van der Waals surface area contributed by atoms with Gasteiger partial charge in [0.1, 0.15) is 0 Å². The molecule has 1 aliphatic rings. The van der Waals surface area contributed by atoms with Crippen LogP contribution >= 0.6 is 12.4 Å². The molecule has 4 rings (SSSR count). The van der Waals surface area contributed by atoms with E-state index in [1.807, 2.05) is 36.4 Å². The molecule has 31 heavy (non-hydrogen) atoms. The van der Waals surface area contributed by atoms with Gasteiger partial charge in [-0.05, 0) is 43.0 Å². The van der Waals surface area contributed by atoms with Gasteiger partial charge in [-0.25, -0.2) is 0 Å². The van der Waals surface area contributed by atoms with Crippen molar-refractivity contribution >= 4 is 18.3 Å². The van der Waals surface area contributed by atoms with Crippen LogP contribution in [0.3, 0.4) is 0 Å². The van der Waals surface area contributed by atoms with Gasteiger partial charge in [-0.1, -0.05) is 62.4 Å². The average Bonchev–Trinajstić information content (AvgIpc) is 3.11. The van der Waals surface area contributed by atoms with Crippen molar-refractivity contribution in [2.24, 2.45) is 5.92 Å². The van der Waals surface area contributed by atoms with E-state index in [9.17, 15) is 4.79 Å². The van der Waals surface area contributed by atoms with E-state index in [1.54, 1.807) is 0 Å². The Hall–Kier alpha value is -2.56. The lowest BCUT2D eigenvalue weighted by Crippen LogP contribution is -2.54. The molecule has 1 atom stereocenters. The summed E-state index contributed by atoms with van der Waals surface area (Å²) in [4.78, 5) is 16.0. The van der Waals surface area contributed by atoms with E-state index in [2.05, 4.69) is 65.9 Å². The van der Waals surface area contributed by atoms with Crippen LogP contribution in [0, 0.1) is 12.8 Å². The smallest absolute Gasteiger partial charge is 0.256 e. The second-order valence-corrected chi connectivity index (χ2v) is 8.57. The van der Waals surface area contributed by atoms with E-state index < -0.39 is 0 Å². The zero-order chi connectivity index (χ0) is 21.1. The molecule has 0 unspecified atom stereocenters. The Balaban J connectivity index is 0.00000272. The zero-order valence-corrected chi connectivity index (χ0v) is 19.4. The van der Waals surface area contributed by atoms with Crippen LogP contribution < -0.4 is 5.32 Å². The van der Waals surface area contributed by atoms with Gasteiger partial charge in [0.25, 0.3) is 5.91 Å². The summed E-state index contributed by atoms with van der Waals surface area (Å²) in [6, 6.07) is 22.9. The molecule has 1 amide bonds. The van der Waals surface area contributed by atoms with E-state index in [0.29, 0.717) is 5.92 Å². The van der Waals surface area contributed by atoms with Crippen LogP contribution in [0.15, 0.2) is 66.7 Å². The summed E-state index contributed by atoms with van der Waals surface area (Å²) in [6.45, 7) is 8.99. The van der Waals surface area contributed by atoms with Gasteiger partial charge in [0.05, 0.1) is 11.3 Å². The molecular weight excluding hydrogens is 406 g/mol. The average molecular weight is 438 g/mol. The van der Waals surface area contributed by atoms with E-state index in [-0.39, 0.29) is 24.4 Å². The topological polar surface area (TPSA) is 37.3 Å². The molecule has 0 spiro atoms. The molecule has 1 saturated heterocycles. The molecule has 1 aliphatic heterocycles. The summed E-state index contributed by atoms with van der Waals surface area (Å²) in [5.41, 5.74) is 4.98. The Morgan fingerprint density at radius 2 is 1.71 bits per heavy atom. The van der Waals surface area contributed by atoms with Crippen LogP contribution in [0.25, 0.3) is 16.9 Å². The number of nitrogens with zero attached hydrogens (tertiary/aromatic N) is 2. The maximum atomic E-state index is 13.9. The molecule has 2 aromatic carbocycles. The van der Waals surface area contributed by atoms with Crippen LogP contribution in [0.1, 0.15) is 36.3 Å². The van der Waals surface area contributed by atoms with Crippen LogP contribution in [0.5, 0.6) is 0 Å². The third-order valence-corrected chi connectivity index (χ3v) is 5.83. The Morgan fingerprint density at radius 1 is 1.06 bits per heavy atom. The lowest BCUT2D eigenvalue weighted by molar-refractivity contribution is 0.0611. The molecule has 1 N–H and O–H groups in total. The minimum atomic E-state index is 0. The summed E-state index contributed by atoms with van der Waals surface area (Å²) in [5.74, 6) is 0.688. The number of hydrogen-bond acceptors (Lipinski definition) is 2. The van der Waals surface area contributed by atoms with Crippen LogP contribution in [0.4, 0.5) is 0 Å². The van der Waals surface area contributed by atoms with Crippen molar-refractivity contribution in [3.8, 4) is 16.9 Å². The molecule has 0 bridgehead atoms. The normalized spacial score (nSPS) is 16.3. The summed E-state index contributed by atoms with van der Waals surface area (Å²) in [5, 5.41) is 3.47. The summed E-state index contributed by atoms with van der Waals surface area (Å²) in [6.07, 6.45) is 1.01. The largest absolute Gasteiger partial charge is 0.333 e. The third kappa shape index (κ3) is 4.86. The molecule has 4 nitrogen and oxygen atoms in total. The Kier molecular flexibility index (Phi) is 7.58. The maximum Gasteiger partial charge on any atom is 0.256 e. The molecule has 0 saturated carbocycles. The van der Waals surface area contributed by atoms with Gasteiger partial charge < -0.3 is 14.8 Å². The van der Waals surface area contributed by atoms with Crippen LogP contribution in [-0.4, -0.2) is 41.1 Å². The number of aryl methyl sites for hydroxylation is 1. The minimum absolute atomic E-state index is 0. The maximum absolute atomic E-state index is 13.9. The summed E-state index contributed by atoms with van der Waals surface area (Å²) < 4.78 is 2.21. The van der Waals surface area contributed by atoms with Crippen molar-refractivity contribution in [3.05, 3.63) is 78.0 Å². The van der Waals surface area contributed by atoms with Gasteiger partial charge in [0, 0.05) is 37.1 Å². The number of carbonyl (C=O) groups excluding carboxylic acids is 1. The molecule has 2 heterocycles. The van der Waals surface area contributed by atoms with Gasteiger partial charge in [-0.2, -0.15) is 0 Å². The Labute approximate surface area is 191 Å². The second-order valence-electron chi connectivity index (χ2n) is 8.57. The van der Waals surface area contributed by atoms with Crippen molar-refractivity contribution in [1.82, 2.24) is 14.8 Å². The van der Waals surface area contributed by atoms with Gasteiger partial charge in [0.15, 0.2) is 0 Å². The predicted molar refractivity (Wildman–Crippen MR) is 130 cm³/mol. The SMILES string of the molecule is Cc1cc(C(=O)N2CCNC[C@H]2CC(C)C)c(-c2ccccc2)n1-c1ccccc1.Cl. The monoisotopic (exact) mass is 437 g/mol. The number of benzene rings is 2. The highest BCUT2D eigenvalue weighted by Gasteiger charge is 2.31. The first-order chi connectivity index (χ1) is 14.6. The highest BCUT2D eigenvalue weighted by atomic mass is 35.5. The first-order valence-electron chi connectivity index (χ1n) is 10.9. The number of para-hydroxylation sites is 1. The van der Waals surface area contributed by atoms with E-state index in [0.717, 1.165) is 54.3 Å². The van der Waals surface area contributed by atoms with E-state index >= 15 is 0 Å². The van der Waals surface area contributed by atoms with Gasteiger partial charge in [-0.3, -0.25) is 4.79 Å². The van der Waals surface area contributed by atoms with Crippen LogP contribution in [0.2, 0.25) is 0 Å². The Bertz CT molecular complexity index is 998. The number of nitrogens with one attached hydrogen (secondary N) is 1. The van der Waals surface area contributed by atoms with E-state index in [4.69, 9.17) is 0 Å². The fourth-order valence-electron chi connectivity index (χ4n) is 4.53. The van der Waals surface area contributed by atoms with Gasteiger partial charge in [0.2, 0.25) is 0 Å². The number of halogens is 1. The molecule has 3 aromatic rings. The number of rotatable bonds is 5. The number of amides is 1. The first kappa shape index (κ1) is 23.1. The third-order valence-electron chi connectivity index (χ3n) is 5.83. The van der Waals surface area contributed by atoms with Crippen molar-refractivity contribution in [3.63, 3.8) is 0 Å². The molecule has 0 radical (unpaired) electrons. The molecular formula is C26H32ClN3O. The summed E-state index contributed by atoms with van der Waals surface area (Å²) >= 11 is 0. The van der Waals surface area contributed by atoms with Crippen LogP contribution in [-0.2, 0) is 0 Å². The lowest BCUT2D eigenvalue weighted by atomic mass is 9.99. The second kappa shape index (κ2) is 10.2.